The minimum atomic E-state index is -0.353. The fraction of sp³-hybridized carbons (Fsp3) is 0.692. The molecule has 2 rings (SSSR count). The van der Waals surface area contributed by atoms with Gasteiger partial charge in [-0.15, -0.1) is 0 Å². The maximum absolute atomic E-state index is 11.2. The van der Waals surface area contributed by atoms with E-state index in [4.69, 9.17) is 4.74 Å². The van der Waals surface area contributed by atoms with Gasteiger partial charge in [0.05, 0.1) is 18.7 Å². The topological polar surface area (TPSA) is 67.4 Å². The molecule has 0 aromatic carbocycles. The largest absolute Gasteiger partial charge is 0.463 e. The first kappa shape index (κ1) is 14.2. The third kappa shape index (κ3) is 3.89. The van der Waals surface area contributed by atoms with E-state index in [-0.39, 0.29) is 18.0 Å². The highest BCUT2D eigenvalue weighted by atomic mass is 32.2. The first-order valence-corrected chi connectivity index (χ1v) is 7.73. The Morgan fingerprint density at radius 2 is 2.26 bits per heavy atom. The number of unbranched alkanes of at least 4 members (excludes halogenated alkanes) is 2. The normalized spacial score (nSPS) is 28.4. The summed E-state index contributed by atoms with van der Waals surface area (Å²) in [6.07, 6.45) is 5.31. The second kappa shape index (κ2) is 6.84. The molecule has 0 spiro atoms. The number of ether oxygens (including phenoxy) is 1. The van der Waals surface area contributed by atoms with Gasteiger partial charge in [-0.3, -0.25) is 0 Å². The van der Waals surface area contributed by atoms with E-state index in [0.717, 1.165) is 31.4 Å². The van der Waals surface area contributed by atoms with Crippen molar-refractivity contribution in [2.45, 2.75) is 43.0 Å². The first-order chi connectivity index (χ1) is 9.20. The molecule has 0 aromatic heterocycles. The van der Waals surface area contributed by atoms with Crippen LogP contribution in [0.2, 0.25) is 0 Å². The summed E-state index contributed by atoms with van der Waals surface area (Å²) in [5, 5.41) is 6.44. The van der Waals surface area contributed by atoms with Crippen molar-refractivity contribution in [1.82, 2.24) is 10.6 Å². The Kier molecular flexibility index (Phi) is 5.13. The Morgan fingerprint density at radius 1 is 1.42 bits per heavy atom. The van der Waals surface area contributed by atoms with Gasteiger partial charge in [-0.05, 0) is 12.8 Å². The summed E-state index contributed by atoms with van der Waals surface area (Å²) in [5.41, 5.74) is 0. The van der Waals surface area contributed by atoms with Crippen LogP contribution in [-0.2, 0) is 9.53 Å². The molecule has 2 amide bonds. The van der Waals surface area contributed by atoms with Crippen molar-refractivity contribution in [3.63, 3.8) is 0 Å². The zero-order chi connectivity index (χ0) is 13.7. The molecule has 0 bridgehead atoms. The van der Waals surface area contributed by atoms with Gasteiger partial charge in [0.15, 0.2) is 0 Å². The summed E-state index contributed by atoms with van der Waals surface area (Å²) < 4.78 is 4.92. The van der Waals surface area contributed by atoms with Crippen LogP contribution < -0.4 is 10.6 Å². The lowest BCUT2D eigenvalue weighted by Crippen LogP contribution is -2.36. The molecule has 3 atom stereocenters. The van der Waals surface area contributed by atoms with E-state index in [2.05, 4.69) is 17.2 Å². The molecular weight excluding hydrogens is 264 g/mol. The number of nitrogens with one attached hydrogen (secondary N) is 2. The van der Waals surface area contributed by atoms with Crippen LogP contribution in [0.25, 0.3) is 0 Å². The Labute approximate surface area is 117 Å². The van der Waals surface area contributed by atoms with E-state index in [1.807, 2.05) is 11.8 Å². The second-order valence-electron chi connectivity index (χ2n) is 4.84. The van der Waals surface area contributed by atoms with Crippen LogP contribution >= 0.6 is 11.8 Å². The summed E-state index contributed by atoms with van der Waals surface area (Å²) in [5.74, 6) is 0.652. The van der Waals surface area contributed by atoms with Gasteiger partial charge in [0.25, 0.3) is 0 Å². The molecule has 0 radical (unpaired) electrons. The number of rotatable bonds is 7. The molecule has 2 aliphatic rings. The number of esters is 1. The molecule has 2 saturated heterocycles. The quantitative estimate of drug-likeness (QED) is 0.321. The van der Waals surface area contributed by atoms with Gasteiger partial charge < -0.3 is 15.4 Å². The number of carbonyl (C=O) groups excluding carboxylic acids is 2. The van der Waals surface area contributed by atoms with Crippen LogP contribution in [0.5, 0.6) is 0 Å². The average Bonchev–Trinajstić information content (AvgIpc) is 2.93. The van der Waals surface area contributed by atoms with Gasteiger partial charge in [0.1, 0.15) is 0 Å². The summed E-state index contributed by atoms with van der Waals surface area (Å²) in [6, 6.07) is 0.559. The number of fused-ring (bicyclic) bond motifs is 1. The third-order valence-corrected chi connectivity index (χ3v) is 4.99. The number of hydrogen-bond donors (Lipinski definition) is 2. The maximum Gasteiger partial charge on any atom is 0.330 e. The molecule has 0 aliphatic carbocycles. The smallest absolute Gasteiger partial charge is 0.330 e. The van der Waals surface area contributed by atoms with Crippen molar-refractivity contribution >= 4 is 23.8 Å². The molecule has 106 valence electrons. The summed E-state index contributed by atoms with van der Waals surface area (Å²) in [6.45, 7) is 3.81. The third-order valence-electron chi connectivity index (χ3n) is 3.48. The van der Waals surface area contributed by atoms with Crippen LogP contribution in [0.15, 0.2) is 12.7 Å². The summed E-state index contributed by atoms with van der Waals surface area (Å²) in [4.78, 5) is 22.0. The maximum atomic E-state index is 11.2. The Bertz CT molecular complexity index is 362. The lowest BCUT2D eigenvalue weighted by Gasteiger charge is -2.16. The predicted molar refractivity (Wildman–Crippen MR) is 75.1 cm³/mol. The van der Waals surface area contributed by atoms with Crippen LogP contribution in [0, 0.1) is 0 Å². The zero-order valence-corrected chi connectivity index (χ0v) is 11.7. The number of hydrogen-bond acceptors (Lipinski definition) is 4. The van der Waals surface area contributed by atoms with E-state index in [1.54, 1.807) is 0 Å². The molecule has 0 saturated carbocycles. The van der Waals surface area contributed by atoms with Crippen molar-refractivity contribution in [3.05, 3.63) is 12.7 Å². The lowest BCUT2D eigenvalue weighted by atomic mass is 10.0. The van der Waals surface area contributed by atoms with Crippen molar-refractivity contribution < 1.29 is 14.3 Å². The highest BCUT2D eigenvalue weighted by molar-refractivity contribution is 8.00. The van der Waals surface area contributed by atoms with Gasteiger partial charge in [-0.2, -0.15) is 11.8 Å². The van der Waals surface area contributed by atoms with Crippen molar-refractivity contribution in [1.29, 1.82) is 0 Å². The van der Waals surface area contributed by atoms with Gasteiger partial charge in [-0.1, -0.05) is 19.4 Å². The van der Waals surface area contributed by atoms with Gasteiger partial charge in [-0.25, -0.2) is 9.59 Å². The monoisotopic (exact) mass is 284 g/mol. The molecule has 6 heteroatoms. The Hall–Kier alpha value is -1.17. The van der Waals surface area contributed by atoms with Crippen LogP contribution in [0.4, 0.5) is 4.79 Å². The minimum Gasteiger partial charge on any atom is -0.463 e. The van der Waals surface area contributed by atoms with Gasteiger partial charge in [0.2, 0.25) is 0 Å². The van der Waals surface area contributed by atoms with Crippen LogP contribution in [0.3, 0.4) is 0 Å². The van der Waals surface area contributed by atoms with Crippen molar-refractivity contribution in [2.24, 2.45) is 0 Å². The molecule has 19 heavy (non-hydrogen) atoms. The van der Waals surface area contributed by atoms with Crippen molar-refractivity contribution in [3.8, 4) is 0 Å². The molecule has 5 nitrogen and oxygen atoms in total. The van der Waals surface area contributed by atoms with Gasteiger partial charge >= 0.3 is 12.0 Å². The molecule has 2 fully saturated rings. The molecular formula is C13H20N2O3S. The lowest BCUT2D eigenvalue weighted by molar-refractivity contribution is -0.137. The zero-order valence-electron chi connectivity index (χ0n) is 10.9. The Balaban J connectivity index is 1.55. The standard InChI is InChI=1S/C13H20N2O3S/c1-2-11(16)18-7-5-3-4-6-10-12-9(8-19-10)14-13(17)15-12/h2,9-10,12H,1,3-8H2,(H2,14,15,17). The molecule has 2 N–H and O–H groups in total. The van der Waals surface area contributed by atoms with E-state index < -0.39 is 0 Å². The fourth-order valence-electron chi connectivity index (χ4n) is 2.50. The second-order valence-corrected chi connectivity index (χ2v) is 6.11. The van der Waals surface area contributed by atoms with Crippen LogP contribution in [-0.4, -0.2) is 41.7 Å². The van der Waals surface area contributed by atoms with Crippen LogP contribution in [0.1, 0.15) is 25.7 Å². The molecule has 2 aliphatic heterocycles. The number of thioether (sulfide) groups is 1. The Morgan fingerprint density at radius 3 is 3.05 bits per heavy atom. The first-order valence-electron chi connectivity index (χ1n) is 6.68. The molecule has 3 unspecified atom stereocenters. The number of urea groups is 1. The minimum absolute atomic E-state index is 0.0309. The van der Waals surface area contributed by atoms with Crippen molar-refractivity contribution in [2.75, 3.05) is 12.4 Å². The van der Waals surface area contributed by atoms with E-state index in [1.165, 1.54) is 6.08 Å². The molecule has 2 heterocycles. The highest BCUT2D eigenvalue weighted by Crippen LogP contribution is 2.33. The molecule has 0 aromatic rings. The summed E-state index contributed by atoms with van der Waals surface area (Å²) >= 11 is 1.93. The fourth-order valence-corrected chi connectivity index (χ4v) is 4.04. The number of amides is 2. The number of carbonyl (C=O) groups is 2. The van der Waals surface area contributed by atoms with Gasteiger partial charge in [0, 0.05) is 17.1 Å². The summed E-state index contributed by atoms with van der Waals surface area (Å²) in [7, 11) is 0. The van der Waals surface area contributed by atoms with E-state index >= 15 is 0 Å². The van der Waals surface area contributed by atoms with E-state index in [0.29, 0.717) is 17.9 Å². The SMILES string of the molecule is C=CC(=O)OCCCCCC1SCC2NC(=O)NC21. The van der Waals surface area contributed by atoms with E-state index in [9.17, 15) is 9.59 Å². The highest BCUT2D eigenvalue weighted by Gasteiger charge is 2.42. The average molecular weight is 284 g/mol. The predicted octanol–water partition coefficient (Wildman–Crippen LogP) is 1.44.